The predicted octanol–water partition coefficient (Wildman–Crippen LogP) is 3.69. The van der Waals surface area contributed by atoms with Crippen LogP contribution in [0.25, 0.3) is 10.9 Å². The number of benzene rings is 3. The number of aromatic nitrogens is 3. The molecule has 0 aliphatic rings. The molecule has 3 aromatic carbocycles. The molecule has 1 unspecified atom stereocenters. The molecule has 0 saturated heterocycles. The Labute approximate surface area is 191 Å². The van der Waals surface area contributed by atoms with Gasteiger partial charge in [0.1, 0.15) is 11.3 Å². The van der Waals surface area contributed by atoms with Gasteiger partial charge < -0.3 is 14.9 Å². The third-order valence-electron chi connectivity index (χ3n) is 5.34. The maximum absolute atomic E-state index is 13.8. The van der Waals surface area contributed by atoms with Crippen LogP contribution in [0.5, 0.6) is 11.5 Å². The second kappa shape index (κ2) is 9.75. The van der Waals surface area contributed by atoms with Gasteiger partial charge in [-0.15, -0.1) is 5.10 Å². The van der Waals surface area contributed by atoms with Crippen LogP contribution in [0.1, 0.15) is 18.1 Å². The molecule has 0 radical (unpaired) electrons. The summed E-state index contributed by atoms with van der Waals surface area (Å²) in [6.07, 6.45) is -1.51. The second-order valence-corrected chi connectivity index (χ2v) is 7.54. The van der Waals surface area contributed by atoms with E-state index in [1.807, 2.05) is 0 Å². The number of aliphatic hydroxyl groups excluding tert-OH is 1. The van der Waals surface area contributed by atoms with Crippen molar-refractivity contribution in [1.29, 1.82) is 0 Å². The third kappa shape index (κ3) is 4.76. The van der Waals surface area contributed by atoms with Gasteiger partial charge in [-0.25, -0.2) is 13.5 Å². The minimum absolute atomic E-state index is 0.0710. The normalized spacial score (nSPS) is 12.9. The van der Waals surface area contributed by atoms with E-state index in [4.69, 9.17) is 4.74 Å². The van der Waals surface area contributed by atoms with E-state index in [1.165, 1.54) is 30.3 Å². The summed E-state index contributed by atoms with van der Waals surface area (Å²) in [6.45, 7) is -0.0710. The Bertz CT molecular complexity index is 1370. The molecule has 0 bridgehead atoms. The van der Waals surface area contributed by atoms with Crippen molar-refractivity contribution in [2.24, 2.45) is 5.92 Å². The molecule has 0 aliphatic carbocycles. The number of carboxylic acid groups (broad SMARTS) is 1. The molecule has 2 N–H and O–H groups in total. The van der Waals surface area contributed by atoms with Gasteiger partial charge in [-0.1, -0.05) is 35.5 Å². The molecule has 2 atom stereocenters. The lowest BCUT2D eigenvalue weighted by atomic mass is 9.93. The smallest absolute Gasteiger partial charge is 0.309 e. The first-order valence-electron chi connectivity index (χ1n) is 10.3. The van der Waals surface area contributed by atoms with Crippen molar-refractivity contribution in [3.63, 3.8) is 0 Å². The van der Waals surface area contributed by atoms with Crippen molar-refractivity contribution in [3.8, 4) is 11.5 Å². The lowest BCUT2D eigenvalue weighted by Gasteiger charge is -2.20. The van der Waals surface area contributed by atoms with Crippen LogP contribution in [0.4, 0.5) is 8.78 Å². The highest BCUT2D eigenvalue weighted by Gasteiger charge is 2.28. The van der Waals surface area contributed by atoms with Gasteiger partial charge in [0.15, 0.2) is 17.4 Å². The topological polar surface area (TPSA) is 115 Å². The molecule has 0 amide bonds. The molecule has 8 nitrogen and oxygen atoms in total. The monoisotopic (exact) mass is 467 g/mol. The summed E-state index contributed by atoms with van der Waals surface area (Å²) in [5.74, 6) is -4.73. The van der Waals surface area contributed by atoms with Crippen LogP contribution in [-0.4, -0.2) is 31.2 Å². The molecule has 1 aromatic heterocycles. The zero-order valence-corrected chi connectivity index (χ0v) is 17.6. The molecular formula is C24H19F2N3O5. The van der Waals surface area contributed by atoms with Gasteiger partial charge in [-0.3, -0.25) is 9.59 Å². The molecule has 10 heteroatoms. The number of carbonyl (C=O) groups is 1. The van der Waals surface area contributed by atoms with Crippen LogP contribution < -0.4 is 10.3 Å². The van der Waals surface area contributed by atoms with Gasteiger partial charge in [0.05, 0.1) is 17.4 Å². The highest BCUT2D eigenvalue weighted by Crippen LogP contribution is 2.30. The number of carboxylic acids is 1. The van der Waals surface area contributed by atoms with Gasteiger partial charge in [0, 0.05) is 6.54 Å². The van der Waals surface area contributed by atoms with Crippen molar-refractivity contribution >= 4 is 16.9 Å². The summed E-state index contributed by atoms with van der Waals surface area (Å²) >= 11 is 0. The number of para-hydroxylation sites is 1. The Kier molecular flexibility index (Phi) is 6.60. The first-order valence-corrected chi connectivity index (χ1v) is 10.3. The van der Waals surface area contributed by atoms with Crippen LogP contribution in [0.2, 0.25) is 0 Å². The molecule has 0 spiro atoms. The molecule has 0 fully saturated rings. The van der Waals surface area contributed by atoms with Gasteiger partial charge in [-0.05, 0) is 48.4 Å². The van der Waals surface area contributed by atoms with E-state index in [-0.39, 0.29) is 24.3 Å². The summed E-state index contributed by atoms with van der Waals surface area (Å²) in [7, 11) is 0. The zero-order valence-electron chi connectivity index (χ0n) is 17.6. The number of aliphatic carboxylic acids is 1. The van der Waals surface area contributed by atoms with Crippen molar-refractivity contribution in [2.75, 3.05) is 0 Å². The predicted molar refractivity (Wildman–Crippen MR) is 117 cm³/mol. The van der Waals surface area contributed by atoms with Crippen molar-refractivity contribution in [2.45, 2.75) is 19.1 Å². The number of hydrogen-bond acceptors (Lipinski definition) is 6. The maximum Gasteiger partial charge on any atom is 0.309 e. The molecular weight excluding hydrogens is 448 g/mol. The SMILES string of the molecule is O=C(O)[C@@H](CCn1nnc2ccccc2c1=O)C(O)c1ccc(Oc2c(F)cccc2F)cc1. The first-order chi connectivity index (χ1) is 16.3. The van der Waals surface area contributed by atoms with E-state index in [1.54, 1.807) is 24.3 Å². The highest BCUT2D eigenvalue weighted by atomic mass is 19.1. The second-order valence-electron chi connectivity index (χ2n) is 7.54. The van der Waals surface area contributed by atoms with Crippen LogP contribution >= 0.6 is 0 Å². The number of fused-ring (bicyclic) bond motifs is 1. The Morgan fingerprint density at radius 3 is 2.35 bits per heavy atom. The number of rotatable bonds is 8. The molecule has 174 valence electrons. The lowest BCUT2D eigenvalue weighted by molar-refractivity contribution is -0.146. The fourth-order valence-corrected chi connectivity index (χ4v) is 3.51. The van der Waals surface area contributed by atoms with Gasteiger partial charge in [-0.2, -0.15) is 0 Å². The Balaban J connectivity index is 1.49. The fraction of sp³-hybridized carbons (Fsp3) is 0.167. The van der Waals surface area contributed by atoms with Crippen molar-refractivity contribution in [1.82, 2.24) is 15.0 Å². The standard InChI is InChI=1S/C24H19F2N3O5/c25-18-5-3-6-19(26)22(18)34-15-10-8-14(9-11-15)21(30)17(24(32)33)12-13-29-23(31)16-4-1-2-7-20(16)27-28-29/h1-11,17,21,30H,12-13H2,(H,32,33)/t17-,21?/m0/s1. The number of hydrogen-bond donors (Lipinski definition) is 2. The van der Waals surface area contributed by atoms with Crippen molar-refractivity contribution in [3.05, 3.63) is 94.3 Å². The number of ether oxygens (including phenoxy) is 1. The van der Waals surface area contributed by atoms with Crippen molar-refractivity contribution < 1.29 is 28.5 Å². The average molecular weight is 467 g/mol. The number of aryl methyl sites for hydroxylation is 1. The van der Waals surface area contributed by atoms with Gasteiger partial charge in [0.25, 0.3) is 5.56 Å². The van der Waals surface area contributed by atoms with E-state index in [0.717, 1.165) is 16.8 Å². The summed E-state index contributed by atoms with van der Waals surface area (Å²) in [5, 5.41) is 28.5. The molecule has 0 saturated carbocycles. The van der Waals surface area contributed by atoms with E-state index < -0.39 is 40.9 Å². The minimum Gasteiger partial charge on any atom is -0.481 e. The lowest BCUT2D eigenvalue weighted by Crippen LogP contribution is -2.29. The first kappa shape index (κ1) is 23.0. The maximum atomic E-state index is 13.8. The average Bonchev–Trinajstić information content (AvgIpc) is 2.83. The Morgan fingerprint density at radius 2 is 1.68 bits per heavy atom. The molecule has 1 heterocycles. The van der Waals surface area contributed by atoms with E-state index in [9.17, 15) is 28.6 Å². The summed E-state index contributed by atoms with van der Waals surface area (Å²) < 4.78 is 33.8. The van der Waals surface area contributed by atoms with Gasteiger partial charge in [0.2, 0.25) is 0 Å². The van der Waals surface area contributed by atoms with Gasteiger partial charge >= 0.3 is 5.97 Å². The number of aliphatic hydroxyl groups is 1. The molecule has 4 rings (SSSR count). The molecule has 4 aromatic rings. The Morgan fingerprint density at radius 1 is 1.00 bits per heavy atom. The highest BCUT2D eigenvalue weighted by molar-refractivity contribution is 5.76. The minimum atomic E-state index is -1.42. The van der Waals surface area contributed by atoms with E-state index >= 15 is 0 Å². The largest absolute Gasteiger partial charge is 0.481 e. The quantitative estimate of drug-likeness (QED) is 0.406. The molecule has 0 aliphatic heterocycles. The van der Waals surface area contributed by atoms with Crippen LogP contribution in [0, 0.1) is 17.6 Å². The summed E-state index contributed by atoms with van der Waals surface area (Å²) in [5.41, 5.74) is 0.271. The summed E-state index contributed by atoms with van der Waals surface area (Å²) in [4.78, 5) is 24.4. The van der Waals surface area contributed by atoms with E-state index in [0.29, 0.717) is 10.9 Å². The Hall–Kier alpha value is -4.18. The third-order valence-corrected chi connectivity index (χ3v) is 5.34. The van der Waals surface area contributed by atoms with Crippen LogP contribution in [-0.2, 0) is 11.3 Å². The van der Waals surface area contributed by atoms with Crippen LogP contribution in [0.3, 0.4) is 0 Å². The number of halogens is 2. The zero-order chi connectivity index (χ0) is 24.2. The van der Waals surface area contributed by atoms with E-state index in [2.05, 4.69) is 10.3 Å². The fourth-order valence-electron chi connectivity index (χ4n) is 3.51. The summed E-state index contributed by atoms with van der Waals surface area (Å²) in [6, 6.07) is 15.5. The van der Waals surface area contributed by atoms with Crippen LogP contribution in [0.15, 0.2) is 71.5 Å². The molecule has 34 heavy (non-hydrogen) atoms. The number of nitrogens with zero attached hydrogens (tertiary/aromatic N) is 3.